The van der Waals surface area contributed by atoms with Crippen LogP contribution < -0.4 is 10.6 Å². The molecule has 3 nitrogen and oxygen atoms in total. The Morgan fingerprint density at radius 3 is 2.88 bits per heavy atom. The van der Waals surface area contributed by atoms with Crippen molar-refractivity contribution in [2.24, 2.45) is 5.92 Å². The number of hydrogen-bond donors (Lipinski definition) is 2. The molecule has 0 saturated heterocycles. The average molecular weight is 232 g/mol. The maximum Gasteiger partial charge on any atom is 0.221 e. The van der Waals surface area contributed by atoms with Gasteiger partial charge in [0.05, 0.1) is 0 Å². The lowest BCUT2D eigenvalue weighted by Gasteiger charge is -2.15. The van der Waals surface area contributed by atoms with Crippen molar-refractivity contribution in [2.75, 3.05) is 11.9 Å². The van der Waals surface area contributed by atoms with Crippen LogP contribution in [0.15, 0.2) is 24.3 Å². The predicted molar refractivity (Wildman–Crippen MR) is 69.9 cm³/mol. The molecule has 0 unspecified atom stereocenters. The zero-order valence-electron chi connectivity index (χ0n) is 10.5. The lowest BCUT2D eigenvalue weighted by Crippen LogP contribution is -2.21. The Balaban J connectivity index is 1.95. The minimum Gasteiger partial charge on any atom is -0.326 e. The molecular formula is C14H20N2O. The first kappa shape index (κ1) is 12.1. The van der Waals surface area contributed by atoms with Gasteiger partial charge < -0.3 is 10.6 Å². The van der Waals surface area contributed by atoms with E-state index in [2.05, 4.69) is 23.6 Å². The van der Waals surface area contributed by atoms with Crippen LogP contribution in [0.5, 0.6) is 0 Å². The van der Waals surface area contributed by atoms with Gasteiger partial charge in [-0.3, -0.25) is 4.79 Å². The molecule has 1 aromatic rings. The van der Waals surface area contributed by atoms with Crippen LogP contribution in [0, 0.1) is 5.92 Å². The second-order valence-electron chi connectivity index (χ2n) is 4.88. The number of nitrogens with one attached hydrogen (secondary N) is 2. The van der Waals surface area contributed by atoms with Crippen molar-refractivity contribution in [1.29, 1.82) is 0 Å². The van der Waals surface area contributed by atoms with Crippen molar-refractivity contribution >= 4 is 11.6 Å². The van der Waals surface area contributed by atoms with E-state index in [-0.39, 0.29) is 5.91 Å². The molecule has 3 heteroatoms. The molecule has 1 fully saturated rings. The third kappa shape index (κ3) is 3.86. The van der Waals surface area contributed by atoms with Crippen molar-refractivity contribution in [1.82, 2.24) is 5.32 Å². The summed E-state index contributed by atoms with van der Waals surface area (Å²) >= 11 is 0. The fourth-order valence-electron chi connectivity index (χ4n) is 1.87. The molecule has 1 aromatic carbocycles. The second-order valence-corrected chi connectivity index (χ2v) is 4.88. The first-order chi connectivity index (χ1) is 8.15. The van der Waals surface area contributed by atoms with Crippen LogP contribution >= 0.6 is 0 Å². The molecule has 0 aromatic heterocycles. The van der Waals surface area contributed by atoms with E-state index < -0.39 is 0 Å². The summed E-state index contributed by atoms with van der Waals surface area (Å²) in [6, 6.07) is 8.36. The van der Waals surface area contributed by atoms with E-state index in [1.807, 2.05) is 18.2 Å². The minimum absolute atomic E-state index is 0.0271. The average Bonchev–Trinajstić information content (AvgIpc) is 3.09. The molecule has 17 heavy (non-hydrogen) atoms. The zero-order valence-corrected chi connectivity index (χ0v) is 10.5. The van der Waals surface area contributed by atoms with Gasteiger partial charge in [-0.05, 0) is 49.9 Å². The van der Waals surface area contributed by atoms with E-state index in [1.165, 1.54) is 25.3 Å². The van der Waals surface area contributed by atoms with Crippen molar-refractivity contribution in [2.45, 2.75) is 32.7 Å². The van der Waals surface area contributed by atoms with Gasteiger partial charge in [0.25, 0.3) is 0 Å². The Morgan fingerprint density at radius 1 is 1.47 bits per heavy atom. The van der Waals surface area contributed by atoms with Crippen LogP contribution in [0.25, 0.3) is 0 Å². The summed E-state index contributed by atoms with van der Waals surface area (Å²) in [5, 5.41) is 6.34. The highest BCUT2D eigenvalue weighted by molar-refractivity contribution is 5.88. The van der Waals surface area contributed by atoms with Crippen LogP contribution in [0.1, 0.15) is 38.3 Å². The molecule has 1 atom stereocenters. The minimum atomic E-state index is -0.0271. The van der Waals surface area contributed by atoms with E-state index in [4.69, 9.17) is 0 Å². The van der Waals surface area contributed by atoms with Crippen molar-refractivity contribution in [3.63, 3.8) is 0 Å². The Hall–Kier alpha value is -1.35. The maximum absolute atomic E-state index is 11.0. The topological polar surface area (TPSA) is 41.1 Å². The summed E-state index contributed by atoms with van der Waals surface area (Å²) in [6.07, 6.45) is 2.73. The highest BCUT2D eigenvalue weighted by Gasteiger charge is 2.21. The standard InChI is InChI=1S/C14H20N2O/c1-10(15-9-12-6-7-12)13-4-3-5-14(8-13)16-11(2)17/h3-5,8,10,12,15H,6-7,9H2,1-2H3,(H,16,17)/t10-/m0/s1. The van der Waals surface area contributed by atoms with Gasteiger partial charge in [0.2, 0.25) is 5.91 Å². The molecule has 0 heterocycles. The first-order valence-electron chi connectivity index (χ1n) is 6.26. The van der Waals surface area contributed by atoms with Gasteiger partial charge in [0, 0.05) is 18.7 Å². The number of amides is 1. The van der Waals surface area contributed by atoms with E-state index >= 15 is 0 Å². The predicted octanol–water partition coefficient (Wildman–Crippen LogP) is 2.71. The number of carbonyl (C=O) groups excluding carboxylic acids is 1. The third-order valence-corrected chi connectivity index (χ3v) is 3.12. The highest BCUT2D eigenvalue weighted by atomic mass is 16.1. The Kier molecular flexibility index (Phi) is 3.79. The summed E-state index contributed by atoms with van der Waals surface area (Å²) in [5.74, 6) is 0.858. The van der Waals surface area contributed by atoms with Crippen LogP contribution in [-0.2, 0) is 4.79 Å². The van der Waals surface area contributed by atoms with E-state index in [9.17, 15) is 4.79 Å². The van der Waals surface area contributed by atoms with Crippen LogP contribution in [0.3, 0.4) is 0 Å². The third-order valence-electron chi connectivity index (χ3n) is 3.12. The molecule has 0 radical (unpaired) electrons. The molecule has 1 amide bonds. The first-order valence-corrected chi connectivity index (χ1v) is 6.26. The van der Waals surface area contributed by atoms with Crippen molar-refractivity contribution in [3.8, 4) is 0 Å². The van der Waals surface area contributed by atoms with Gasteiger partial charge in [-0.2, -0.15) is 0 Å². The molecule has 1 saturated carbocycles. The summed E-state index contributed by atoms with van der Waals surface area (Å²) in [5.41, 5.74) is 2.09. The number of hydrogen-bond acceptors (Lipinski definition) is 2. The van der Waals surface area contributed by atoms with Crippen LogP contribution in [0.2, 0.25) is 0 Å². The monoisotopic (exact) mass is 232 g/mol. The second kappa shape index (κ2) is 5.32. The van der Waals surface area contributed by atoms with Crippen molar-refractivity contribution in [3.05, 3.63) is 29.8 Å². The number of benzene rings is 1. The molecule has 92 valence electrons. The fourth-order valence-corrected chi connectivity index (χ4v) is 1.87. The molecule has 0 aliphatic heterocycles. The SMILES string of the molecule is CC(=O)Nc1cccc([C@H](C)NCC2CC2)c1. The van der Waals surface area contributed by atoms with Gasteiger partial charge in [-0.25, -0.2) is 0 Å². The number of anilines is 1. The van der Waals surface area contributed by atoms with Gasteiger partial charge in [-0.1, -0.05) is 12.1 Å². The molecule has 1 aliphatic carbocycles. The lowest BCUT2D eigenvalue weighted by molar-refractivity contribution is -0.114. The van der Waals surface area contributed by atoms with Gasteiger partial charge in [0.1, 0.15) is 0 Å². The summed E-state index contributed by atoms with van der Waals surface area (Å²) < 4.78 is 0. The number of rotatable bonds is 5. The van der Waals surface area contributed by atoms with E-state index in [1.54, 1.807) is 0 Å². The molecule has 0 bridgehead atoms. The maximum atomic E-state index is 11.0. The molecule has 2 rings (SSSR count). The normalized spacial score (nSPS) is 16.6. The quantitative estimate of drug-likeness (QED) is 0.819. The van der Waals surface area contributed by atoms with Crippen LogP contribution in [-0.4, -0.2) is 12.5 Å². The Bertz CT molecular complexity index is 399. The Labute approximate surface area is 103 Å². The van der Waals surface area contributed by atoms with Gasteiger partial charge in [0.15, 0.2) is 0 Å². The molecular weight excluding hydrogens is 212 g/mol. The van der Waals surface area contributed by atoms with Gasteiger partial charge in [-0.15, -0.1) is 0 Å². The smallest absolute Gasteiger partial charge is 0.221 e. The summed E-state index contributed by atoms with van der Waals surface area (Å²) in [4.78, 5) is 11.0. The summed E-state index contributed by atoms with van der Waals surface area (Å²) in [6.45, 7) is 4.79. The Morgan fingerprint density at radius 2 is 2.24 bits per heavy atom. The summed E-state index contributed by atoms with van der Waals surface area (Å²) in [7, 11) is 0. The lowest BCUT2D eigenvalue weighted by atomic mass is 10.1. The van der Waals surface area contributed by atoms with E-state index in [0.717, 1.165) is 18.2 Å². The highest BCUT2D eigenvalue weighted by Crippen LogP contribution is 2.28. The molecule has 0 spiro atoms. The van der Waals surface area contributed by atoms with Crippen molar-refractivity contribution < 1.29 is 4.79 Å². The largest absolute Gasteiger partial charge is 0.326 e. The molecule has 2 N–H and O–H groups in total. The number of carbonyl (C=O) groups is 1. The van der Waals surface area contributed by atoms with Gasteiger partial charge >= 0.3 is 0 Å². The van der Waals surface area contributed by atoms with Crippen LogP contribution in [0.4, 0.5) is 5.69 Å². The van der Waals surface area contributed by atoms with E-state index in [0.29, 0.717) is 6.04 Å². The fraction of sp³-hybridized carbons (Fsp3) is 0.500. The molecule has 1 aliphatic rings. The zero-order chi connectivity index (χ0) is 12.3.